The Hall–Kier alpha value is -0.910. The van der Waals surface area contributed by atoms with Crippen molar-refractivity contribution in [2.24, 2.45) is 11.7 Å². The molecule has 2 rings (SSSR count). The number of benzene rings is 1. The normalized spacial score (nSPS) is 11.2. The summed E-state index contributed by atoms with van der Waals surface area (Å²) in [4.78, 5) is 6.79. The van der Waals surface area contributed by atoms with Gasteiger partial charge in [-0.05, 0) is 30.5 Å². The highest BCUT2D eigenvalue weighted by molar-refractivity contribution is 7.98. The van der Waals surface area contributed by atoms with Gasteiger partial charge < -0.3 is 5.73 Å². The SMILES string of the molecule is CC(C)Cc1nc(CSc2cccc(F)c2)sc1CN. The zero-order chi connectivity index (χ0) is 14.5. The smallest absolute Gasteiger partial charge is 0.124 e. The molecule has 0 saturated carbocycles. The quantitative estimate of drug-likeness (QED) is 0.811. The van der Waals surface area contributed by atoms with Gasteiger partial charge in [-0.3, -0.25) is 0 Å². The molecule has 2 nitrogen and oxygen atoms in total. The highest BCUT2D eigenvalue weighted by atomic mass is 32.2. The van der Waals surface area contributed by atoms with Gasteiger partial charge in [0.2, 0.25) is 0 Å². The van der Waals surface area contributed by atoms with Gasteiger partial charge >= 0.3 is 0 Å². The lowest BCUT2D eigenvalue weighted by atomic mass is 10.1. The molecule has 2 N–H and O–H groups in total. The first kappa shape index (κ1) is 15.5. The van der Waals surface area contributed by atoms with Gasteiger partial charge in [-0.2, -0.15) is 0 Å². The number of halogens is 1. The van der Waals surface area contributed by atoms with E-state index >= 15 is 0 Å². The van der Waals surface area contributed by atoms with E-state index in [1.54, 1.807) is 35.2 Å². The molecule has 0 unspecified atom stereocenters. The highest BCUT2D eigenvalue weighted by Gasteiger charge is 2.11. The molecular weight excluding hydrogens is 291 g/mol. The Morgan fingerprint density at radius 1 is 1.40 bits per heavy atom. The Balaban J connectivity index is 2.04. The number of hydrogen-bond acceptors (Lipinski definition) is 4. The Labute approximate surface area is 127 Å². The largest absolute Gasteiger partial charge is 0.326 e. The van der Waals surface area contributed by atoms with Crippen LogP contribution in [0.3, 0.4) is 0 Å². The van der Waals surface area contributed by atoms with Crippen LogP contribution < -0.4 is 5.73 Å². The monoisotopic (exact) mass is 310 g/mol. The van der Waals surface area contributed by atoms with Crippen LogP contribution in [-0.2, 0) is 18.7 Å². The first-order valence-electron chi connectivity index (χ1n) is 6.64. The number of rotatable bonds is 6. The minimum atomic E-state index is -0.197. The van der Waals surface area contributed by atoms with E-state index in [1.807, 2.05) is 6.07 Å². The minimum Gasteiger partial charge on any atom is -0.326 e. The lowest BCUT2D eigenvalue weighted by Gasteiger charge is -2.02. The van der Waals surface area contributed by atoms with E-state index in [4.69, 9.17) is 5.73 Å². The molecule has 1 heterocycles. The second-order valence-electron chi connectivity index (χ2n) is 5.03. The van der Waals surface area contributed by atoms with Crippen molar-refractivity contribution in [1.29, 1.82) is 0 Å². The molecule has 0 radical (unpaired) electrons. The van der Waals surface area contributed by atoms with Gasteiger partial charge in [0.1, 0.15) is 10.8 Å². The van der Waals surface area contributed by atoms with Gasteiger partial charge in [0.25, 0.3) is 0 Å². The van der Waals surface area contributed by atoms with Crippen molar-refractivity contribution in [3.63, 3.8) is 0 Å². The molecular formula is C15H19FN2S2. The fraction of sp³-hybridized carbons (Fsp3) is 0.400. The topological polar surface area (TPSA) is 38.9 Å². The van der Waals surface area contributed by atoms with E-state index in [1.165, 1.54) is 10.9 Å². The minimum absolute atomic E-state index is 0.197. The fourth-order valence-electron chi connectivity index (χ4n) is 1.91. The summed E-state index contributed by atoms with van der Waals surface area (Å²) in [5.41, 5.74) is 6.91. The van der Waals surface area contributed by atoms with Gasteiger partial charge in [-0.1, -0.05) is 19.9 Å². The molecule has 2 aromatic rings. The van der Waals surface area contributed by atoms with Crippen LogP contribution >= 0.6 is 23.1 Å². The van der Waals surface area contributed by atoms with Gasteiger partial charge in [0.05, 0.1) is 11.4 Å². The summed E-state index contributed by atoms with van der Waals surface area (Å²) in [6, 6.07) is 6.66. The lowest BCUT2D eigenvalue weighted by Crippen LogP contribution is -2.02. The van der Waals surface area contributed by atoms with Crippen LogP contribution in [0.15, 0.2) is 29.2 Å². The van der Waals surface area contributed by atoms with Crippen LogP contribution in [0.5, 0.6) is 0 Å². The maximum absolute atomic E-state index is 13.1. The van der Waals surface area contributed by atoms with E-state index in [2.05, 4.69) is 18.8 Å². The van der Waals surface area contributed by atoms with Gasteiger partial charge in [0.15, 0.2) is 0 Å². The molecule has 0 aliphatic heterocycles. The van der Waals surface area contributed by atoms with Crippen LogP contribution in [0.1, 0.15) is 29.4 Å². The summed E-state index contributed by atoms with van der Waals surface area (Å²) < 4.78 is 13.1. The molecule has 0 atom stereocenters. The number of thioether (sulfide) groups is 1. The summed E-state index contributed by atoms with van der Waals surface area (Å²) in [6.45, 7) is 4.91. The molecule has 0 fully saturated rings. The van der Waals surface area contributed by atoms with Crippen molar-refractivity contribution in [3.8, 4) is 0 Å². The molecule has 0 spiro atoms. The summed E-state index contributed by atoms with van der Waals surface area (Å²) in [7, 11) is 0. The summed E-state index contributed by atoms with van der Waals surface area (Å²) in [5.74, 6) is 1.14. The van der Waals surface area contributed by atoms with Crippen LogP contribution in [0.2, 0.25) is 0 Å². The number of nitrogens with zero attached hydrogens (tertiary/aromatic N) is 1. The Morgan fingerprint density at radius 2 is 2.20 bits per heavy atom. The molecule has 0 saturated heterocycles. The zero-order valence-corrected chi connectivity index (χ0v) is 13.4. The third-order valence-electron chi connectivity index (χ3n) is 2.77. The molecule has 1 aromatic carbocycles. The first-order chi connectivity index (χ1) is 9.58. The standard InChI is InChI=1S/C15H19FN2S2/c1-10(2)6-13-14(8-17)20-15(18-13)9-19-12-5-3-4-11(16)7-12/h3-5,7,10H,6,8-9,17H2,1-2H3. The van der Waals surface area contributed by atoms with E-state index in [0.717, 1.165) is 27.8 Å². The predicted molar refractivity (Wildman–Crippen MR) is 84.5 cm³/mol. The van der Waals surface area contributed by atoms with Gasteiger partial charge in [-0.15, -0.1) is 23.1 Å². The van der Waals surface area contributed by atoms with E-state index < -0.39 is 0 Å². The molecule has 108 valence electrons. The predicted octanol–water partition coefficient (Wildman–Crippen LogP) is 4.23. The number of nitrogens with two attached hydrogens (primary N) is 1. The Kier molecular flexibility index (Phi) is 5.57. The molecule has 0 amide bonds. The number of hydrogen-bond donors (Lipinski definition) is 1. The number of thiazole rings is 1. The molecule has 0 aliphatic carbocycles. The maximum Gasteiger partial charge on any atom is 0.124 e. The lowest BCUT2D eigenvalue weighted by molar-refractivity contribution is 0.624. The van der Waals surface area contributed by atoms with Crippen molar-refractivity contribution in [3.05, 3.63) is 45.7 Å². The summed E-state index contributed by atoms with van der Waals surface area (Å²) in [6.07, 6.45) is 0.966. The molecule has 20 heavy (non-hydrogen) atoms. The van der Waals surface area contributed by atoms with E-state index in [-0.39, 0.29) is 5.82 Å². The van der Waals surface area contributed by atoms with Crippen molar-refractivity contribution in [2.75, 3.05) is 0 Å². The average molecular weight is 310 g/mol. The van der Waals surface area contributed by atoms with Crippen LogP contribution in [-0.4, -0.2) is 4.98 Å². The van der Waals surface area contributed by atoms with Crippen molar-refractivity contribution >= 4 is 23.1 Å². The maximum atomic E-state index is 13.1. The van der Waals surface area contributed by atoms with Crippen molar-refractivity contribution in [2.45, 2.75) is 37.5 Å². The fourth-order valence-corrected chi connectivity index (χ4v) is 3.81. The number of aromatic nitrogens is 1. The summed E-state index contributed by atoms with van der Waals surface area (Å²) in [5, 5.41) is 1.07. The molecule has 0 aliphatic rings. The average Bonchev–Trinajstić information content (AvgIpc) is 2.78. The highest BCUT2D eigenvalue weighted by Crippen LogP contribution is 2.28. The third-order valence-corrected chi connectivity index (χ3v) is 5.08. The van der Waals surface area contributed by atoms with Gasteiger partial charge in [0, 0.05) is 16.3 Å². The van der Waals surface area contributed by atoms with Gasteiger partial charge in [-0.25, -0.2) is 9.37 Å². The van der Waals surface area contributed by atoms with Crippen LogP contribution in [0, 0.1) is 11.7 Å². The summed E-state index contributed by atoms with van der Waals surface area (Å²) >= 11 is 3.28. The van der Waals surface area contributed by atoms with Crippen molar-refractivity contribution in [1.82, 2.24) is 4.98 Å². The molecule has 1 aromatic heterocycles. The van der Waals surface area contributed by atoms with Crippen LogP contribution in [0.25, 0.3) is 0 Å². The van der Waals surface area contributed by atoms with E-state index in [0.29, 0.717) is 12.5 Å². The van der Waals surface area contributed by atoms with E-state index in [9.17, 15) is 4.39 Å². The Bertz CT molecular complexity index is 567. The van der Waals surface area contributed by atoms with Crippen LogP contribution in [0.4, 0.5) is 4.39 Å². The zero-order valence-electron chi connectivity index (χ0n) is 11.7. The second kappa shape index (κ2) is 7.20. The Morgan fingerprint density at radius 3 is 2.85 bits per heavy atom. The van der Waals surface area contributed by atoms with Crippen molar-refractivity contribution < 1.29 is 4.39 Å². The second-order valence-corrected chi connectivity index (χ2v) is 7.24. The molecule has 0 bridgehead atoms. The third kappa shape index (κ3) is 4.30. The molecule has 5 heteroatoms. The first-order valence-corrected chi connectivity index (χ1v) is 8.44.